The van der Waals surface area contributed by atoms with Gasteiger partial charge >= 0.3 is 0 Å². The molecule has 0 amide bonds. The van der Waals surface area contributed by atoms with Gasteiger partial charge in [-0.2, -0.15) is 0 Å². The molecule has 3 heteroatoms. The van der Waals surface area contributed by atoms with Gasteiger partial charge in [0.1, 0.15) is 6.33 Å². The van der Waals surface area contributed by atoms with Crippen LogP contribution in [0.25, 0.3) is 22.0 Å². The molecule has 2 aliphatic rings. The average molecular weight is 351 g/mol. The number of aromatic nitrogens is 3. The number of hydrogen-bond donors (Lipinski definition) is 0. The summed E-state index contributed by atoms with van der Waals surface area (Å²) in [5.41, 5.74) is 9.72. The van der Waals surface area contributed by atoms with Crippen molar-refractivity contribution in [3.05, 3.63) is 89.2 Å². The third-order valence-corrected chi connectivity index (χ3v) is 5.54. The van der Waals surface area contributed by atoms with Gasteiger partial charge in [0.25, 0.3) is 0 Å². The molecule has 0 bridgehead atoms. The first-order valence-corrected chi connectivity index (χ1v) is 9.48. The summed E-state index contributed by atoms with van der Waals surface area (Å²) in [6, 6.07) is 8.71. The Bertz CT molecular complexity index is 1150. The SMILES string of the molecule is CC1=CC(C)CC=C1c1cnc2c(c1)C(c1ccc3ncncc3c1)=CC2. The first-order chi connectivity index (χ1) is 13.2. The van der Waals surface area contributed by atoms with Gasteiger partial charge in [0.05, 0.1) is 11.2 Å². The highest BCUT2D eigenvalue weighted by Crippen LogP contribution is 2.36. The predicted molar refractivity (Wildman–Crippen MR) is 110 cm³/mol. The van der Waals surface area contributed by atoms with Gasteiger partial charge in [-0.25, -0.2) is 9.97 Å². The van der Waals surface area contributed by atoms with Crippen LogP contribution in [0, 0.1) is 5.92 Å². The second kappa shape index (κ2) is 6.27. The lowest BCUT2D eigenvalue weighted by molar-refractivity contribution is 0.732. The highest BCUT2D eigenvalue weighted by atomic mass is 14.8. The molecule has 0 N–H and O–H groups in total. The van der Waals surface area contributed by atoms with Crippen LogP contribution in [-0.2, 0) is 6.42 Å². The molecular weight excluding hydrogens is 330 g/mol. The van der Waals surface area contributed by atoms with Crippen LogP contribution < -0.4 is 0 Å². The Morgan fingerprint density at radius 3 is 2.78 bits per heavy atom. The topological polar surface area (TPSA) is 38.7 Å². The maximum atomic E-state index is 4.78. The minimum absolute atomic E-state index is 0.617. The number of benzene rings is 1. The zero-order valence-electron chi connectivity index (χ0n) is 15.6. The Balaban J connectivity index is 1.57. The molecule has 27 heavy (non-hydrogen) atoms. The molecule has 0 spiro atoms. The van der Waals surface area contributed by atoms with Crippen molar-refractivity contribution in [2.75, 3.05) is 0 Å². The summed E-state index contributed by atoms with van der Waals surface area (Å²) in [5, 5.41) is 1.07. The van der Waals surface area contributed by atoms with E-state index in [1.54, 1.807) is 6.33 Å². The molecule has 2 aromatic heterocycles. The molecule has 5 rings (SSSR count). The molecule has 0 saturated heterocycles. The van der Waals surface area contributed by atoms with Crippen LogP contribution in [0.15, 0.2) is 66.8 Å². The summed E-state index contributed by atoms with van der Waals surface area (Å²) < 4.78 is 0. The van der Waals surface area contributed by atoms with Gasteiger partial charge in [0.2, 0.25) is 0 Å². The summed E-state index contributed by atoms with van der Waals surface area (Å²) in [5.74, 6) is 0.617. The molecule has 2 aliphatic carbocycles. The Labute approximate surface area is 159 Å². The third kappa shape index (κ3) is 2.80. The number of allylic oxidation sites excluding steroid dienone is 5. The van der Waals surface area contributed by atoms with Gasteiger partial charge in [-0.15, -0.1) is 0 Å². The van der Waals surface area contributed by atoms with Crippen LogP contribution in [0.2, 0.25) is 0 Å². The van der Waals surface area contributed by atoms with Gasteiger partial charge in [-0.3, -0.25) is 4.98 Å². The summed E-state index contributed by atoms with van der Waals surface area (Å²) in [6.07, 6.45) is 14.5. The number of nitrogens with zero attached hydrogens (tertiary/aromatic N) is 3. The highest BCUT2D eigenvalue weighted by molar-refractivity contribution is 5.91. The van der Waals surface area contributed by atoms with Crippen LogP contribution in [0.1, 0.15) is 42.7 Å². The van der Waals surface area contributed by atoms with Crippen LogP contribution >= 0.6 is 0 Å². The maximum Gasteiger partial charge on any atom is 0.116 e. The smallest absolute Gasteiger partial charge is 0.116 e. The number of pyridine rings is 1. The quantitative estimate of drug-likeness (QED) is 0.622. The number of hydrogen-bond acceptors (Lipinski definition) is 3. The lowest BCUT2D eigenvalue weighted by atomic mass is 9.88. The minimum Gasteiger partial charge on any atom is -0.260 e. The number of rotatable bonds is 2. The molecule has 0 fully saturated rings. The molecule has 0 aliphatic heterocycles. The fraction of sp³-hybridized carbons (Fsp3) is 0.208. The largest absolute Gasteiger partial charge is 0.260 e. The molecule has 2 heterocycles. The van der Waals surface area contributed by atoms with E-state index in [-0.39, 0.29) is 0 Å². The summed E-state index contributed by atoms with van der Waals surface area (Å²) in [7, 11) is 0. The van der Waals surface area contributed by atoms with Gasteiger partial charge < -0.3 is 0 Å². The highest BCUT2D eigenvalue weighted by Gasteiger charge is 2.20. The first-order valence-electron chi connectivity index (χ1n) is 9.48. The van der Waals surface area contributed by atoms with Crippen molar-refractivity contribution in [2.45, 2.75) is 26.7 Å². The zero-order valence-corrected chi connectivity index (χ0v) is 15.6. The molecule has 1 unspecified atom stereocenters. The maximum absolute atomic E-state index is 4.78. The molecule has 0 saturated carbocycles. The first kappa shape index (κ1) is 16.1. The molecule has 3 aromatic rings. The lowest BCUT2D eigenvalue weighted by Gasteiger charge is -2.18. The molecule has 1 aromatic carbocycles. The second-order valence-electron chi connectivity index (χ2n) is 7.52. The van der Waals surface area contributed by atoms with Gasteiger partial charge in [0.15, 0.2) is 0 Å². The van der Waals surface area contributed by atoms with E-state index in [9.17, 15) is 0 Å². The molecular formula is C24H21N3. The Morgan fingerprint density at radius 1 is 0.963 bits per heavy atom. The van der Waals surface area contributed by atoms with Crippen molar-refractivity contribution >= 4 is 22.0 Å². The molecule has 0 radical (unpaired) electrons. The van der Waals surface area contributed by atoms with Crippen LogP contribution in [0.4, 0.5) is 0 Å². The fourth-order valence-electron chi connectivity index (χ4n) is 4.17. The number of fused-ring (bicyclic) bond motifs is 2. The fourth-order valence-corrected chi connectivity index (χ4v) is 4.17. The van der Waals surface area contributed by atoms with Crippen molar-refractivity contribution in [3.63, 3.8) is 0 Å². The van der Waals surface area contributed by atoms with Gasteiger partial charge in [-0.05, 0) is 59.7 Å². The van der Waals surface area contributed by atoms with E-state index >= 15 is 0 Å². The van der Waals surface area contributed by atoms with E-state index in [2.05, 4.69) is 66.3 Å². The van der Waals surface area contributed by atoms with E-state index in [1.807, 2.05) is 12.4 Å². The van der Waals surface area contributed by atoms with Crippen molar-refractivity contribution in [1.82, 2.24) is 15.0 Å². The summed E-state index contributed by atoms with van der Waals surface area (Å²) in [4.78, 5) is 13.3. The molecule has 3 nitrogen and oxygen atoms in total. The van der Waals surface area contributed by atoms with Crippen molar-refractivity contribution in [3.8, 4) is 0 Å². The van der Waals surface area contributed by atoms with E-state index in [4.69, 9.17) is 4.98 Å². The summed E-state index contributed by atoms with van der Waals surface area (Å²) >= 11 is 0. The standard InChI is InChI=1S/C24H21N3/c1-15-3-5-20(16(2)9-15)18-11-22-21(6-8-24(22)26-13-18)17-4-7-23-19(10-17)12-25-14-27-23/h4-7,9-15H,3,8H2,1-2H3. The molecule has 132 valence electrons. The lowest BCUT2D eigenvalue weighted by Crippen LogP contribution is -2.01. The third-order valence-electron chi connectivity index (χ3n) is 5.54. The molecule has 1 atom stereocenters. The Morgan fingerprint density at radius 2 is 1.89 bits per heavy atom. The van der Waals surface area contributed by atoms with Gasteiger partial charge in [0, 0.05) is 35.3 Å². The zero-order chi connectivity index (χ0) is 18.4. The van der Waals surface area contributed by atoms with Crippen LogP contribution in [0.3, 0.4) is 0 Å². The summed E-state index contributed by atoms with van der Waals surface area (Å²) in [6.45, 7) is 4.47. The Kier molecular flexibility index (Phi) is 3.75. The van der Waals surface area contributed by atoms with E-state index in [0.29, 0.717) is 5.92 Å². The minimum atomic E-state index is 0.617. The van der Waals surface area contributed by atoms with Gasteiger partial charge in [-0.1, -0.05) is 31.2 Å². The van der Waals surface area contributed by atoms with E-state index < -0.39 is 0 Å². The van der Waals surface area contributed by atoms with E-state index in [0.717, 1.165) is 29.4 Å². The second-order valence-corrected chi connectivity index (χ2v) is 7.52. The normalized spacial score (nSPS) is 18.7. The average Bonchev–Trinajstić information content (AvgIpc) is 3.11. The van der Waals surface area contributed by atoms with Crippen LogP contribution in [-0.4, -0.2) is 15.0 Å². The van der Waals surface area contributed by atoms with Crippen molar-refractivity contribution in [1.29, 1.82) is 0 Å². The van der Waals surface area contributed by atoms with Crippen molar-refractivity contribution in [2.24, 2.45) is 5.92 Å². The predicted octanol–water partition coefficient (Wildman–Crippen LogP) is 5.38. The Hall–Kier alpha value is -3.07. The van der Waals surface area contributed by atoms with Crippen molar-refractivity contribution < 1.29 is 0 Å². The van der Waals surface area contributed by atoms with Crippen LogP contribution in [0.5, 0.6) is 0 Å². The van der Waals surface area contributed by atoms with E-state index in [1.165, 1.54) is 33.4 Å². The monoisotopic (exact) mass is 351 g/mol.